The topological polar surface area (TPSA) is 52.6 Å². The smallest absolute Gasteiger partial charge is 0.317 e. The third-order valence-corrected chi connectivity index (χ3v) is 1.64. The predicted molar refractivity (Wildman–Crippen MR) is 52.6 cm³/mol. The number of hydrogen-bond donors (Lipinski definition) is 2. The minimum Gasteiger partial charge on any atom is -0.395 e. The molecule has 0 aliphatic rings. The average molecular weight is 188 g/mol. The van der Waals surface area contributed by atoms with Gasteiger partial charge in [-0.3, -0.25) is 0 Å². The molecule has 0 radical (unpaired) electrons. The third kappa shape index (κ3) is 4.72. The van der Waals surface area contributed by atoms with Gasteiger partial charge in [0.1, 0.15) is 0 Å². The van der Waals surface area contributed by atoms with Crippen molar-refractivity contribution in [3.05, 3.63) is 0 Å². The number of carbonyl (C=O) groups excluding carboxylic acids is 1. The van der Waals surface area contributed by atoms with E-state index in [0.717, 1.165) is 0 Å². The Morgan fingerprint density at radius 1 is 1.38 bits per heavy atom. The zero-order chi connectivity index (χ0) is 10.4. The van der Waals surface area contributed by atoms with Crippen LogP contribution in [0.4, 0.5) is 4.79 Å². The highest BCUT2D eigenvalue weighted by Crippen LogP contribution is 1.98. The molecule has 0 spiro atoms. The predicted octanol–water partition coefficient (Wildman–Crippen LogP) is 0.807. The maximum atomic E-state index is 11.5. The lowest BCUT2D eigenvalue weighted by Gasteiger charge is -2.27. The molecule has 0 heterocycles. The summed E-state index contributed by atoms with van der Waals surface area (Å²) in [5.41, 5.74) is 0. The number of urea groups is 1. The van der Waals surface area contributed by atoms with Gasteiger partial charge in [0.25, 0.3) is 0 Å². The van der Waals surface area contributed by atoms with Crippen molar-refractivity contribution in [2.24, 2.45) is 0 Å². The molecule has 0 aromatic rings. The first-order valence-corrected chi connectivity index (χ1v) is 4.67. The van der Waals surface area contributed by atoms with E-state index in [1.165, 1.54) is 0 Å². The maximum absolute atomic E-state index is 11.5. The van der Waals surface area contributed by atoms with E-state index < -0.39 is 0 Å². The zero-order valence-electron chi connectivity index (χ0n) is 8.87. The molecule has 2 amide bonds. The van der Waals surface area contributed by atoms with E-state index in [4.69, 9.17) is 5.11 Å². The second kappa shape index (κ2) is 5.80. The molecular formula is C9H20N2O2. The van der Waals surface area contributed by atoms with Crippen molar-refractivity contribution in [1.29, 1.82) is 0 Å². The summed E-state index contributed by atoms with van der Waals surface area (Å²) in [5, 5.41) is 11.5. The highest BCUT2D eigenvalue weighted by atomic mass is 16.3. The molecule has 0 aromatic heterocycles. The quantitative estimate of drug-likeness (QED) is 0.686. The zero-order valence-corrected chi connectivity index (χ0v) is 8.87. The van der Waals surface area contributed by atoms with Crippen LogP contribution < -0.4 is 5.32 Å². The summed E-state index contributed by atoms with van der Waals surface area (Å²) in [6, 6.07) is 0.136. The van der Waals surface area contributed by atoms with Gasteiger partial charge >= 0.3 is 6.03 Å². The first-order valence-electron chi connectivity index (χ1n) is 4.67. The van der Waals surface area contributed by atoms with E-state index in [0.29, 0.717) is 6.54 Å². The normalized spacial score (nSPS) is 10.7. The Morgan fingerprint density at radius 2 is 1.92 bits per heavy atom. The number of amides is 2. The second-order valence-electron chi connectivity index (χ2n) is 3.61. The van der Waals surface area contributed by atoms with Gasteiger partial charge in [-0.1, -0.05) is 0 Å². The fraction of sp³-hybridized carbons (Fsp3) is 0.889. The average Bonchev–Trinajstić information content (AvgIpc) is 1.97. The van der Waals surface area contributed by atoms with Gasteiger partial charge < -0.3 is 15.3 Å². The molecule has 2 N–H and O–H groups in total. The summed E-state index contributed by atoms with van der Waals surface area (Å²) < 4.78 is 0. The Bertz CT molecular complexity index is 158. The standard InChI is InChI=1S/C9H20N2O2/c1-7(2)10-9(13)11(5-6-12)8(3)4/h7-8,12H,5-6H2,1-4H3,(H,10,13). The largest absolute Gasteiger partial charge is 0.395 e. The van der Waals surface area contributed by atoms with Crippen molar-refractivity contribution in [1.82, 2.24) is 10.2 Å². The number of aliphatic hydroxyl groups is 1. The van der Waals surface area contributed by atoms with E-state index >= 15 is 0 Å². The van der Waals surface area contributed by atoms with Crippen LogP contribution in [0.5, 0.6) is 0 Å². The van der Waals surface area contributed by atoms with Crippen LogP contribution in [0.2, 0.25) is 0 Å². The summed E-state index contributed by atoms with van der Waals surface area (Å²) in [7, 11) is 0. The number of nitrogens with one attached hydrogen (secondary N) is 1. The van der Waals surface area contributed by atoms with Crippen molar-refractivity contribution in [3.63, 3.8) is 0 Å². The number of aliphatic hydroxyl groups excluding tert-OH is 1. The lowest BCUT2D eigenvalue weighted by Crippen LogP contribution is -2.47. The van der Waals surface area contributed by atoms with E-state index in [2.05, 4.69) is 5.32 Å². The van der Waals surface area contributed by atoms with Crippen molar-refractivity contribution >= 4 is 6.03 Å². The van der Waals surface area contributed by atoms with E-state index in [1.807, 2.05) is 27.7 Å². The molecular weight excluding hydrogens is 168 g/mol. The Kier molecular flexibility index (Phi) is 5.46. The fourth-order valence-electron chi connectivity index (χ4n) is 1.03. The second-order valence-corrected chi connectivity index (χ2v) is 3.61. The van der Waals surface area contributed by atoms with Crippen LogP contribution in [0.15, 0.2) is 0 Å². The molecule has 0 saturated carbocycles. The van der Waals surface area contributed by atoms with E-state index in [9.17, 15) is 4.79 Å². The van der Waals surface area contributed by atoms with Gasteiger partial charge in [0.15, 0.2) is 0 Å². The highest BCUT2D eigenvalue weighted by molar-refractivity contribution is 5.74. The lowest BCUT2D eigenvalue weighted by atomic mass is 10.3. The minimum atomic E-state index is -0.112. The number of nitrogens with zero attached hydrogens (tertiary/aromatic N) is 1. The van der Waals surface area contributed by atoms with Crippen LogP contribution in [0.1, 0.15) is 27.7 Å². The monoisotopic (exact) mass is 188 g/mol. The summed E-state index contributed by atoms with van der Waals surface area (Å²) in [6.45, 7) is 8.07. The van der Waals surface area contributed by atoms with E-state index in [1.54, 1.807) is 4.90 Å². The maximum Gasteiger partial charge on any atom is 0.317 e. The van der Waals surface area contributed by atoms with Crippen molar-refractivity contribution in [2.75, 3.05) is 13.2 Å². The Hall–Kier alpha value is -0.770. The van der Waals surface area contributed by atoms with Crippen LogP contribution >= 0.6 is 0 Å². The molecule has 4 heteroatoms. The lowest BCUT2D eigenvalue weighted by molar-refractivity contribution is 0.159. The third-order valence-electron chi connectivity index (χ3n) is 1.64. The summed E-state index contributed by atoms with van der Waals surface area (Å²) >= 11 is 0. The van der Waals surface area contributed by atoms with Crippen molar-refractivity contribution < 1.29 is 9.90 Å². The van der Waals surface area contributed by atoms with Crippen LogP contribution in [-0.2, 0) is 0 Å². The van der Waals surface area contributed by atoms with E-state index in [-0.39, 0.29) is 24.7 Å². The fourth-order valence-corrected chi connectivity index (χ4v) is 1.03. The molecule has 0 aliphatic heterocycles. The number of rotatable bonds is 4. The molecule has 78 valence electrons. The molecule has 0 fully saturated rings. The highest BCUT2D eigenvalue weighted by Gasteiger charge is 2.16. The van der Waals surface area contributed by atoms with Gasteiger partial charge in [-0.15, -0.1) is 0 Å². The molecule has 0 unspecified atom stereocenters. The molecule has 0 atom stereocenters. The summed E-state index contributed by atoms with van der Waals surface area (Å²) in [5.74, 6) is 0. The summed E-state index contributed by atoms with van der Waals surface area (Å²) in [4.78, 5) is 13.1. The van der Waals surface area contributed by atoms with Gasteiger partial charge in [0, 0.05) is 18.6 Å². The molecule has 13 heavy (non-hydrogen) atoms. The van der Waals surface area contributed by atoms with Gasteiger partial charge in [0.05, 0.1) is 6.61 Å². The van der Waals surface area contributed by atoms with Crippen molar-refractivity contribution in [3.8, 4) is 0 Å². The molecule has 0 saturated heterocycles. The molecule has 0 aliphatic carbocycles. The SMILES string of the molecule is CC(C)NC(=O)N(CCO)C(C)C. The van der Waals surface area contributed by atoms with Crippen LogP contribution in [0, 0.1) is 0 Å². The van der Waals surface area contributed by atoms with Crippen LogP contribution in [0.25, 0.3) is 0 Å². The minimum absolute atomic E-state index is 0.00367. The summed E-state index contributed by atoms with van der Waals surface area (Å²) in [6.07, 6.45) is 0. The number of carbonyl (C=O) groups is 1. The number of hydrogen-bond acceptors (Lipinski definition) is 2. The molecule has 0 bridgehead atoms. The Balaban J connectivity index is 4.11. The van der Waals surface area contributed by atoms with Gasteiger partial charge in [-0.05, 0) is 27.7 Å². The van der Waals surface area contributed by atoms with Gasteiger partial charge in [-0.2, -0.15) is 0 Å². The van der Waals surface area contributed by atoms with Crippen molar-refractivity contribution in [2.45, 2.75) is 39.8 Å². The first-order chi connectivity index (χ1) is 5.99. The molecule has 0 aromatic carbocycles. The first kappa shape index (κ1) is 12.2. The Morgan fingerprint density at radius 3 is 2.23 bits per heavy atom. The molecule has 4 nitrogen and oxygen atoms in total. The van der Waals surface area contributed by atoms with Crippen LogP contribution in [-0.4, -0.2) is 41.3 Å². The van der Waals surface area contributed by atoms with Gasteiger partial charge in [-0.25, -0.2) is 4.79 Å². The Labute approximate surface area is 79.9 Å². The van der Waals surface area contributed by atoms with Crippen LogP contribution in [0.3, 0.4) is 0 Å². The van der Waals surface area contributed by atoms with Gasteiger partial charge in [0.2, 0.25) is 0 Å². The molecule has 0 rings (SSSR count).